The molecule has 0 bridgehead atoms. The maximum absolute atomic E-state index is 11.0. The first kappa shape index (κ1) is 15.5. The van der Waals surface area contributed by atoms with Gasteiger partial charge in [0.2, 0.25) is 0 Å². The third-order valence-corrected chi connectivity index (χ3v) is 3.36. The predicted molar refractivity (Wildman–Crippen MR) is 69.6 cm³/mol. The van der Waals surface area contributed by atoms with Crippen LogP contribution in [0.2, 0.25) is 0 Å². The van der Waals surface area contributed by atoms with E-state index in [4.69, 9.17) is 5.11 Å². The number of rotatable bonds is 5. The molecule has 3 N–H and O–H groups in total. The van der Waals surface area contributed by atoms with E-state index in [-0.39, 0.29) is 22.0 Å². The van der Waals surface area contributed by atoms with Gasteiger partial charge in [-0.2, -0.15) is 0 Å². The fourth-order valence-electron chi connectivity index (χ4n) is 1.61. The van der Waals surface area contributed by atoms with Gasteiger partial charge in [0, 0.05) is 17.0 Å². The molecule has 1 rings (SSSR count). The van der Waals surface area contributed by atoms with Crippen molar-refractivity contribution in [2.45, 2.75) is 19.1 Å². The Morgan fingerprint density at radius 3 is 2.47 bits per heavy atom. The number of benzene rings is 1. The summed E-state index contributed by atoms with van der Waals surface area (Å²) in [5.74, 6) is -1.33. The van der Waals surface area contributed by atoms with E-state index in [1.807, 2.05) is 0 Å². The Hall–Kier alpha value is -1.51. The standard InChI is InChI=1S/C11H12BrNO6/c1-5-7(11(16)17)2-6(3-8(5)13(18)19)10(15)9(14)4-12/h2-3,9-10,14-15H,4H2,1H3,(H,16,17). The SMILES string of the molecule is Cc1c(C(=O)O)cc(C(O)C(O)CBr)cc1[N+](=O)[O-]. The molecule has 104 valence electrons. The number of alkyl halides is 1. The average Bonchev–Trinajstić information content (AvgIpc) is 2.36. The molecule has 0 heterocycles. The highest BCUT2D eigenvalue weighted by atomic mass is 79.9. The van der Waals surface area contributed by atoms with E-state index >= 15 is 0 Å². The van der Waals surface area contributed by atoms with Gasteiger partial charge in [0.25, 0.3) is 5.69 Å². The van der Waals surface area contributed by atoms with Gasteiger partial charge in [0.05, 0.1) is 16.6 Å². The average molecular weight is 334 g/mol. The molecule has 1 aromatic rings. The number of aliphatic hydroxyl groups is 2. The van der Waals surface area contributed by atoms with Crippen molar-refractivity contribution in [3.63, 3.8) is 0 Å². The Balaban J connectivity index is 3.42. The fourth-order valence-corrected chi connectivity index (χ4v) is 1.96. The number of carboxylic acids is 1. The zero-order valence-corrected chi connectivity index (χ0v) is 11.5. The van der Waals surface area contributed by atoms with Crippen LogP contribution in [0.1, 0.15) is 27.6 Å². The van der Waals surface area contributed by atoms with Crippen molar-refractivity contribution in [2.75, 3.05) is 5.33 Å². The smallest absolute Gasteiger partial charge is 0.336 e. The molecule has 0 aliphatic heterocycles. The molecule has 0 spiro atoms. The molecule has 19 heavy (non-hydrogen) atoms. The van der Waals surface area contributed by atoms with Crippen molar-refractivity contribution in [3.05, 3.63) is 38.9 Å². The van der Waals surface area contributed by atoms with Crippen LogP contribution in [0.3, 0.4) is 0 Å². The minimum atomic E-state index is -1.41. The largest absolute Gasteiger partial charge is 0.478 e. The van der Waals surface area contributed by atoms with Crippen molar-refractivity contribution in [1.82, 2.24) is 0 Å². The number of hydrogen-bond acceptors (Lipinski definition) is 5. The molecule has 2 unspecified atom stereocenters. The van der Waals surface area contributed by atoms with Crippen LogP contribution in [0.4, 0.5) is 5.69 Å². The highest BCUT2D eigenvalue weighted by Crippen LogP contribution is 2.28. The van der Waals surface area contributed by atoms with Gasteiger partial charge in [-0.1, -0.05) is 15.9 Å². The Kier molecular flexibility index (Phi) is 4.98. The van der Waals surface area contributed by atoms with E-state index in [0.717, 1.165) is 12.1 Å². The van der Waals surface area contributed by atoms with Crippen LogP contribution in [-0.2, 0) is 0 Å². The van der Waals surface area contributed by atoms with Gasteiger partial charge in [0.15, 0.2) is 0 Å². The van der Waals surface area contributed by atoms with E-state index in [9.17, 15) is 25.1 Å². The lowest BCUT2D eigenvalue weighted by Gasteiger charge is -2.17. The molecule has 1 aromatic carbocycles. The lowest BCUT2D eigenvalue weighted by atomic mass is 9.97. The summed E-state index contributed by atoms with van der Waals surface area (Å²) in [4.78, 5) is 21.2. The second kappa shape index (κ2) is 6.09. The van der Waals surface area contributed by atoms with Gasteiger partial charge in [-0.25, -0.2) is 4.79 Å². The first-order valence-electron chi connectivity index (χ1n) is 5.24. The Bertz CT molecular complexity index is 483. The number of hydrogen-bond donors (Lipinski definition) is 3. The fraction of sp³-hybridized carbons (Fsp3) is 0.364. The molecule has 0 saturated carbocycles. The van der Waals surface area contributed by atoms with Gasteiger partial charge in [0.1, 0.15) is 6.10 Å². The number of halogens is 1. The summed E-state index contributed by atoms with van der Waals surface area (Å²) in [6.07, 6.45) is -2.60. The van der Waals surface area contributed by atoms with Crippen LogP contribution in [0.25, 0.3) is 0 Å². The Morgan fingerprint density at radius 1 is 1.47 bits per heavy atom. The molecule has 0 aliphatic carbocycles. The summed E-state index contributed by atoms with van der Waals surface area (Å²) in [5.41, 5.74) is -0.691. The first-order chi connectivity index (χ1) is 8.79. The molecule has 0 aromatic heterocycles. The predicted octanol–water partition coefficient (Wildman–Crippen LogP) is 1.39. The zero-order chi connectivity index (χ0) is 14.7. The topological polar surface area (TPSA) is 121 Å². The molecule has 7 nitrogen and oxygen atoms in total. The highest BCUT2D eigenvalue weighted by molar-refractivity contribution is 9.09. The number of nitrogens with zero attached hydrogens (tertiary/aromatic N) is 1. The number of aliphatic hydroxyl groups excluding tert-OH is 2. The quantitative estimate of drug-likeness (QED) is 0.425. The van der Waals surface area contributed by atoms with Crippen LogP contribution in [0.5, 0.6) is 0 Å². The lowest BCUT2D eigenvalue weighted by molar-refractivity contribution is -0.385. The number of carbonyl (C=O) groups is 1. The monoisotopic (exact) mass is 333 g/mol. The number of nitro benzene ring substituents is 1. The molecule has 0 amide bonds. The van der Waals surface area contributed by atoms with Gasteiger partial charge in [-0.15, -0.1) is 0 Å². The lowest BCUT2D eigenvalue weighted by Crippen LogP contribution is -2.20. The third kappa shape index (κ3) is 3.28. The van der Waals surface area contributed by atoms with Crippen LogP contribution >= 0.6 is 15.9 Å². The van der Waals surface area contributed by atoms with Crippen molar-refractivity contribution in [2.24, 2.45) is 0 Å². The number of aromatic carboxylic acids is 1. The third-order valence-electron chi connectivity index (χ3n) is 2.69. The van der Waals surface area contributed by atoms with Gasteiger partial charge >= 0.3 is 5.97 Å². The molecular formula is C11H12BrNO6. The maximum atomic E-state index is 11.0. The number of carboxylic acid groups (broad SMARTS) is 1. The second-order valence-electron chi connectivity index (χ2n) is 3.94. The first-order valence-corrected chi connectivity index (χ1v) is 6.36. The van der Waals surface area contributed by atoms with Crippen molar-refractivity contribution >= 4 is 27.6 Å². The maximum Gasteiger partial charge on any atom is 0.336 e. The Morgan fingerprint density at radius 2 is 2.05 bits per heavy atom. The second-order valence-corrected chi connectivity index (χ2v) is 4.59. The van der Waals surface area contributed by atoms with Crippen LogP contribution in [0.15, 0.2) is 12.1 Å². The summed E-state index contributed by atoms with van der Waals surface area (Å²) in [5, 5.41) is 39.2. The molecular weight excluding hydrogens is 322 g/mol. The van der Waals surface area contributed by atoms with E-state index in [1.54, 1.807) is 0 Å². The van der Waals surface area contributed by atoms with Crippen molar-refractivity contribution in [3.8, 4) is 0 Å². The van der Waals surface area contributed by atoms with Gasteiger partial charge in [-0.3, -0.25) is 10.1 Å². The molecule has 0 radical (unpaired) electrons. The van der Waals surface area contributed by atoms with Crippen LogP contribution < -0.4 is 0 Å². The zero-order valence-electron chi connectivity index (χ0n) is 9.91. The number of nitro groups is 1. The van der Waals surface area contributed by atoms with Crippen LogP contribution in [-0.4, -0.2) is 37.6 Å². The van der Waals surface area contributed by atoms with E-state index in [2.05, 4.69) is 15.9 Å². The Labute approximate surface area is 116 Å². The van der Waals surface area contributed by atoms with E-state index in [1.165, 1.54) is 6.92 Å². The van der Waals surface area contributed by atoms with E-state index in [0.29, 0.717) is 0 Å². The molecule has 8 heteroatoms. The molecule has 2 atom stereocenters. The summed E-state index contributed by atoms with van der Waals surface area (Å²) in [6, 6.07) is 2.19. The van der Waals surface area contributed by atoms with Crippen molar-refractivity contribution in [1.29, 1.82) is 0 Å². The minimum Gasteiger partial charge on any atom is -0.478 e. The normalized spacial score (nSPS) is 13.9. The molecule has 0 fully saturated rings. The summed E-state index contributed by atoms with van der Waals surface area (Å²) in [7, 11) is 0. The minimum absolute atomic E-state index is 0.00165. The summed E-state index contributed by atoms with van der Waals surface area (Å²) in [6.45, 7) is 1.32. The van der Waals surface area contributed by atoms with E-state index < -0.39 is 28.8 Å². The molecule has 0 aliphatic rings. The van der Waals surface area contributed by atoms with Gasteiger partial charge < -0.3 is 15.3 Å². The summed E-state index contributed by atoms with van der Waals surface area (Å²) < 4.78 is 0. The summed E-state index contributed by atoms with van der Waals surface area (Å²) >= 11 is 2.96. The molecule has 0 saturated heterocycles. The van der Waals surface area contributed by atoms with Crippen molar-refractivity contribution < 1.29 is 25.0 Å². The highest BCUT2D eigenvalue weighted by Gasteiger charge is 2.25. The van der Waals surface area contributed by atoms with Gasteiger partial charge in [-0.05, 0) is 18.6 Å². The van der Waals surface area contributed by atoms with Crippen LogP contribution in [0, 0.1) is 17.0 Å².